The molecule has 1 amide bonds. The predicted octanol–water partition coefficient (Wildman–Crippen LogP) is 4.22. The average Bonchev–Trinajstić information content (AvgIpc) is 2.67. The Morgan fingerprint density at radius 3 is 2.62 bits per heavy atom. The first kappa shape index (κ1) is 21.0. The summed E-state index contributed by atoms with van der Waals surface area (Å²) in [5.41, 5.74) is 0.888. The van der Waals surface area contributed by atoms with Crippen molar-refractivity contribution < 1.29 is 26.7 Å². The molecule has 3 rings (SSSR count). The molecule has 1 aliphatic heterocycles. The van der Waals surface area contributed by atoms with E-state index in [1.807, 2.05) is 0 Å². The second kappa shape index (κ2) is 7.58. The predicted molar refractivity (Wildman–Crippen MR) is 97.0 cm³/mol. The van der Waals surface area contributed by atoms with E-state index in [-0.39, 0.29) is 28.7 Å². The van der Waals surface area contributed by atoms with Gasteiger partial charge < -0.3 is 11.1 Å². The van der Waals surface area contributed by atoms with E-state index < -0.39 is 47.7 Å². The summed E-state index contributed by atoms with van der Waals surface area (Å²) in [7, 11) is 0. The second-order valence-electron chi connectivity index (χ2n) is 6.44. The van der Waals surface area contributed by atoms with Crippen LogP contribution in [0.4, 0.5) is 27.6 Å². The van der Waals surface area contributed by atoms with Crippen molar-refractivity contribution in [1.29, 1.82) is 0 Å². The van der Waals surface area contributed by atoms with Crippen molar-refractivity contribution in [1.82, 2.24) is 4.98 Å². The monoisotopic (exact) mass is 432 g/mol. The van der Waals surface area contributed by atoms with Crippen molar-refractivity contribution in [2.75, 3.05) is 12.0 Å². The third-order valence-electron chi connectivity index (χ3n) is 4.52. The smallest absolute Gasteiger partial charge is 0.280 e. The number of carbonyl (C=O) groups is 1. The quantitative estimate of drug-likeness (QED) is 0.710. The standard InChI is InChI=1S/C18H14ClF5N4O/c19-9-1-2-13(26-7-9)16(29)27-10-5-11(15(22)12(21)6-10)17(8-20)18(23,24)4-3-14(25)28-17/h1-2,5-7H,3-4,8H2,(H2,25,28)(H,27,29)/t17-/m1/s1. The molecule has 3 N–H and O–H groups in total. The summed E-state index contributed by atoms with van der Waals surface area (Å²) in [6.07, 6.45) is -0.0264. The van der Waals surface area contributed by atoms with Crippen LogP contribution in [0.15, 0.2) is 35.5 Å². The van der Waals surface area contributed by atoms with Gasteiger partial charge in [0.15, 0.2) is 17.2 Å². The van der Waals surface area contributed by atoms with Gasteiger partial charge in [0.25, 0.3) is 11.8 Å². The molecular weight excluding hydrogens is 419 g/mol. The number of nitrogens with zero attached hydrogens (tertiary/aromatic N) is 2. The number of carbonyl (C=O) groups excluding carboxylic acids is 1. The minimum atomic E-state index is -3.84. The molecule has 0 radical (unpaired) electrons. The van der Waals surface area contributed by atoms with E-state index in [0.717, 1.165) is 0 Å². The summed E-state index contributed by atoms with van der Waals surface area (Å²) in [4.78, 5) is 19.5. The number of nitrogens with two attached hydrogens (primary N) is 1. The molecular formula is C18H14ClF5N4O. The van der Waals surface area contributed by atoms with Crippen molar-refractivity contribution in [2.24, 2.45) is 10.7 Å². The average molecular weight is 433 g/mol. The molecule has 0 spiro atoms. The number of nitrogens with one attached hydrogen (secondary N) is 1. The number of amides is 1. The topological polar surface area (TPSA) is 80.4 Å². The van der Waals surface area contributed by atoms with Crippen LogP contribution in [0, 0.1) is 11.6 Å². The molecule has 1 aliphatic rings. The van der Waals surface area contributed by atoms with E-state index >= 15 is 0 Å². The Hall–Kier alpha value is -2.75. The van der Waals surface area contributed by atoms with Crippen molar-refractivity contribution in [3.63, 3.8) is 0 Å². The Labute approximate surface area is 166 Å². The Morgan fingerprint density at radius 1 is 1.28 bits per heavy atom. The number of benzene rings is 1. The lowest BCUT2D eigenvalue weighted by atomic mass is 9.80. The fraction of sp³-hybridized carbons (Fsp3) is 0.278. The van der Waals surface area contributed by atoms with Gasteiger partial charge in [0, 0.05) is 36.4 Å². The van der Waals surface area contributed by atoms with E-state index in [4.69, 9.17) is 17.3 Å². The molecule has 0 fully saturated rings. The van der Waals surface area contributed by atoms with Crippen molar-refractivity contribution >= 4 is 29.0 Å². The van der Waals surface area contributed by atoms with Gasteiger partial charge in [-0.2, -0.15) is 0 Å². The van der Waals surface area contributed by atoms with Gasteiger partial charge in [0.2, 0.25) is 0 Å². The van der Waals surface area contributed by atoms with Gasteiger partial charge in [0.05, 0.1) is 10.9 Å². The highest BCUT2D eigenvalue weighted by atomic mass is 35.5. The van der Waals surface area contributed by atoms with Gasteiger partial charge in [-0.1, -0.05) is 11.6 Å². The summed E-state index contributed by atoms with van der Waals surface area (Å²) in [5.74, 6) is -8.26. The summed E-state index contributed by atoms with van der Waals surface area (Å²) in [5, 5.41) is 2.47. The van der Waals surface area contributed by atoms with Crippen molar-refractivity contribution in [3.05, 3.63) is 58.4 Å². The van der Waals surface area contributed by atoms with Gasteiger partial charge in [-0.3, -0.25) is 9.79 Å². The normalized spacial score (nSPS) is 20.8. The lowest BCUT2D eigenvalue weighted by Crippen LogP contribution is -2.51. The van der Waals surface area contributed by atoms with Crippen molar-refractivity contribution in [3.8, 4) is 0 Å². The fourth-order valence-electron chi connectivity index (χ4n) is 3.00. The van der Waals surface area contributed by atoms with Crippen LogP contribution in [0.1, 0.15) is 28.9 Å². The van der Waals surface area contributed by atoms with Gasteiger partial charge in [-0.05, 0) is 18.2 Å². The number of aromatic nitrogens is 1. The molecule has 11 heteroatoms. The number of anilines is 1. The highest BCUT2D eigenvalue weighted by Gasteiger charge is 2.58. The van der Waals surface area contributed by atoms with E-state index in [1.165, 1.54) is 18.3 Å². The highest BCUT2D eigenvalue weighted by molar-refractivity contribution is 6.30. The Balaban J connectivity index is 2.07. The molecule has 0 bridgehead atoms. The van der Waals surface area contributed by atoms with Crippen LogP contribution >= 0.6 is 11.6 Å². The summed E-state index contributed by atoms with van der Waals surface area (Å²) in [6.45, 7) is -1.83. The summed E-state index contributed by atoms with van der Waals surface area (Å²) < 4.78 is 71.6. The molecule has 5 nitrogen and oxygen atoms in total. The van der Waals surface area contributed by atoms with Crippen LogP contribution in [0.25, 0.3) is 0 Å². The Kier molecular flexibility index (Phi) is 5.48. The highest BCUT2D eigenvalue weighted by Crippen LogP contribution is 2.48. The molecule has 1 atom stereocenters. The maximum Gasteiger partial charge on any atom is 0.280 e. The molecule has 2 heterocycles. The number of alkyl halides is 3. The molecule has 1 aromatic heterocycles. The van der Waals surface area contributed by atoms with Gasteiger partial charge in [-0.15, -0.1) is 0 Å². The van der Waals surface area contributed by atoms with Crippen LogP contribution in [-0.4, -0.2) is 29.3 Å². The van der Waals surface area contributed by atoms with E-state index in [1.54, 1.807) is 0 Å². The zero-order valence-corrected chi connectivity index (χ0v) is 15.4. The first-order valence-corrected chi connectivity index (χ1v) is 8.68. The van der Waals surface area contributed by atoms with E-state index in [0.29, 0.717) is 12.1 Å². The third kappa shape index (κ3) is 3.76. The van der Waals surface area contributed by atoms with Crippen LogP contribution in [0.2, 0.25) is 5.02 Å². The minimum Gasteiger partial charge on any atom is -0.387 e. The van der Waals surface area contributed by atoms with Crippen LogP contribution in [-0.2, 0) is 5.54 Å². The zero-order valence-electron chi connectivity index (χ0n) is 14.7. The zero-order chi connectivity index (χ0) is 21.4. The number of hydrogen-bond donors (Lipinski definition) is 2. The number of pyridine rings is 1. The maximum atomic E-state index is 14.6. The summed E-state index contributed by atoms with van der Waals surface area (Å²) in [6, 6.07) is 3.93. The molecule has 1 aromatic carbocycles. The van der Waals surface area contributed by atoms with Gasteiger partial charge in [-0.25, -0.2) is 26.9 Å². The molecule has 0 saturated carbocycles. The Morgan fingerprint density at radius 2 is 2.00 bits per heavy atom. The van der Waals surface area contributed by atoms with E-state index in [9.17, 15) is 26.7 Å². The number of rotatable bonds is 4. The molecule has 0 aliphatic carbocycles. The second-order valence-corrected chi connectivity index (χ2v) is 6.87. The first-order chi connectivity index (χ1) is 13.6. The lowest BCUT2D eigenvalue weighted by molar-refractivity contribution is -0.0960. The number of aliphatic imine (C=N–C) groups is 1. The van der Waals surface area contributed by atoms with Crippen LogP contribution in [0.3, 0.4) is 0 Å². The number of halogens is 6. The van der Waals surface area contributed by atoms with Gasteiger partial charge in [0.1, 0.15) is 12.4 Å². The SMILES string of the molecule is NC1=N[C@](CF)(c2cc(NC(=O)c3ccc(Cl)cn3)cc(F)c2F)C(F)(F)CC1. The molecule has 154 valence electrons. The van der Waals surface area contributed by atoms with Crippen LogP contribution in [0.5, 0.6) is 0 Å². The lowest BCUT2D eigenvalue weighted by Gasteiger charge is -2.39. The fourth-order valence-corrected chi connectivity index (χ4v) is 3.11. The summed E-state index contributed by atoms with van der Waals surface area (Å²) >= 11 is 5.68. The molecule has 29 heavy (non-hydrogen) atoms. The maximum absolute atomic E-state index is 14.6. The van der Waals surface area contributed by atoms with E-state index in [2.05, 4.69) is 15.3 Å². The molecule has 2 aromatic rings. The van der Waals surface area contributed by atoms with Crippen molar-refractivity contribution in [2.45, 2.75) is 24.3 Å². The third-order valence-corrected chi connectivity index (χ3v) is 4.74. The number of hydrogen-bond acceptors (Lipinski definition) is 4. The minimum absolute atomic E-state index is 0.119. The van der Waals surface area contributed by atoms with Crippen LogP contribution < -0.4 is 11.1 Å². The molecule has 0 saturated heterocycles. The largest absolute Gasteiger partial charge is 0.387 e. The first-order valence-electron chi connectivity index (χ1n) is 8.30. The number of amidine groups is 1. The molecule has 0 unspecified atom stereocenters. The van der Waals surface area contributed by atoms with Gasteiger partial charge >= 0.3 is 0 Å². The Bertz CT molecular complexity index is 983.